The van der Waals surface area contributed by atoms with E-state index < -0.39 is 17.2 Å². The Bertz CT molecular complexity index is 348. The van der Waals surface area contributed by atoms with Crippen molar-refractivity contribution >= 4 is 12.1 Å². The van der Waals surface area contributed by atoms with Gasteiger partial charge in [0.1, 0.15) is 11.1 Å². The van der Waals surface area contributed by atoms with Crippen molar-refractivity contribution in [2.45, 2.75) is 65.0 Å². The molecule has 1 heterocycles. The van der Waals surface area contributed by atoms with E-state index in [0.29, 0.717) is 26.0 Å². The Kier molecular flexibility index (Phi) is 4.82. The van der Waals surface area contributed by atoms with E-state index in [-0.39, 0.29) is 5.97 Å². The maximum Gasteiger partial charge on any atom is 0.411 e. The molecule has 0 spiro atoms. The Balaban J connectivity index is 2.83. The minimum Gasteiger partial charge on any atom is -0.464 e. The summed E-state index contributed by atoms with van der Waals surface area (Å²) in [5.41, 5.74) is -1.37. The average molecular weight is 271 g/mol. The van der Waals surface area contributed by atoms with Crippen LogP contribution in [0.4, 0.5) is 4.79 Å². The third-order valence-electron chi connectivity index (χ3n) is 3.20. The molecule has 5 nitrogen and oxygen atoms in total. The van der Waals surface area contributed by atoms with Gasteiger partial charge in [0.2, 0.25) is 0 Å². The molecule has 0 N–H and O–H groups in total. The monoisotopic (exact) mass is 271 g/mol. The number of ether oxygens (including phenoxy) is 2. The van der Waals surface area contributed by atoms with Crippen LogP contribution >= 0.6 is 0 Å². The summed E-state index contributed by atoms with van der Waals surface area (Å²) < 4.78 is 10.5. The standard InChI is InChI=1S/C14H25NO4/c1-6-8-14(11(16)18-7-2)9-10-15(14)12(17)19-13(3,4)5/h6-10H2,1-5H3/t14-/m0/s1. The Labute approximate surface area is 115 Å². The highest BCUT2D eigenvalue weighted by Gasteiger charge is 2.55. The number of amides is 1. The molecule has 0 aromatic rings. The topological polar surface area (TPSA) is 55.8 Å². The van der Waals surface area contributed by atoms with E-state index in [1.54, 1.807) is 6.92 Å². The summed E-state index contributed by atoms with van der Waals surface area (Å²) in [6, 6.07) is 0. The molecule has 0 unspecified atom stereocenters. The fourth-order valence-electron chi connectivity index (χ4n) is 2.33. The number of hydrogen-bond acceptors (Lipinski definition) is 4. The van der Waals surface area contributed by atoms with Crippen LogP contribution in [0.15, 0.2) is 0 Å². The summed E-state index contributed by atoms with van der Waals surface area (Å²) in [5.74, 6) is -0.311. The van der Waals surface area contributed by atoms with Crippen molar-refractivity contribution in [1.29, 1.82) is 0 Å². The molecule has 5 heteroatoms. The first kappa shape index (κ1) is 15.8. The Morgan fingerprint density at radius 3 is 2.26 bits per heavy atom. The molecule has 1 amide bonds. The highest BCUT2D eigenvalue weighted by Crippen LogP contribution is 2.37. The molecule has 1 aliphatic heterocycles. The first-order valence-electron chi connectivity index (χ1n) is 6.94. The van der Waals surface area contributed by atoms with Crippen LogP contribution in [0.1, 0.15) is 53.9 Å². The Morgan fingerprint density at radius 2 is 1.89 bits per heavy atom. The number of nitrogens with zero attached hydrogens (tertiary/aromatic N) is 1. The minimum atomic E-state index is -0.812. The molecule has 1 rings (SSSR count). The average Bonchev–Trinajstić information content (AvgIpc) is 2.21. The van der Waals surface area contributed by atoms with E-state index in [1.165, 1.54) is 4.90 Å². The van der Waals surface area contributed by atoms with Gasteiger partial charge < -0.3 is 9.47 Å². The molecule has 1 atom stereocenters. The quantitative estimate of drug-likeness (QED) is 0.738. The fraction of sp³-hybridized carbons (Fsp3) is 0.857. The van der Waals surface area contributed by atoms with Gasteiger partial charge in [-0.05, 0) is 40.5 Å². The van der Waals surface area contributed by atoms with Crippen LogP contribution in [-0.2, 0) is 14.3 Å². The maximum atomic E-state index is 12.1. The van der Waals surface area contributed by atoms with Crippen LogP contribution in [-0.4, -0.2) is 41.3 Å². The number of esters is 1. The molecule has 0 saturated carbocycles. The van der Waals surface area contributed by atoms with E-state index in [0.717, 1.165) is 6.42 Å². The van der Waals surface area contributed by atoms with Crippen molar-refractivity contribution in [1.82, 2.24) is 4.90 Å². The Morgan fingerprint density at radius 1 is 1.26 bits per heavy atom. The van der Waals surface area contributed by atoms with Gasteiger partial charge in [-0.2, -0.15) is 0 Å². The summed E-state index contributed by atoms with van der Waals surface area (Å²) >= 11 is 0. The second-order valence-corrected chi connectivity index (χ2v) is 5.88. The van der Waals surface area contributed by atoms with Gasteiger partial charge in [-0.3, -0.25) is 4.90 Å². The number of likely N-dealkylation sites (tertiary alicyclic amines) is 1. The smallest absolute Gasteiger partial charge is 0.411 e. The molecular weight excluding hydrogens is 246 g/mol. The molecule has 110 valence electrons. The summed E-state index contributed by atoms with van der Waals surface area (Å²) in [6.45, 7) is 10.1. The van der Waals surface area contributed by atoms with Crippen molar-refractivity contribution in [3.8, 4) is 0 Å². The molecule has 0 aromatic carbocycles. The van der Waals surface area contributed by atoms with Gasteiger partial charge in [0, 0.05) is 6.54 Å². The summed E-state index contributed by atoms with van der Waals surface area (Å²) in [5, 5.41) is 0. The zero-order valence-electron chi connectivity index (χ0n) is 12.6. The third kappa shape index (κ3) is 3.39. The molecule has 0 bridgehead atoms. The molecule has 0 aliphatic carbocycles. The van der Waals surface area contributed by atoms with Crippen LogP contribution < -0.4 is 0 Å². The van der Waals surface area contributed by atoms with Gasteiger partial charge in [0.05, 0.1) is 6.61 Å². The van der Waals surface area contributed by atoms with E-state index in [4.69, 9.17) is 9.47 Å². The lowest BCUT2D eigenvalue weighted by Crippen LogP contribution is -2.67. The first-order valence-corrected chi connectivity index (χ1v) is 6.94. The van der Waals surface area contributed by atoms with Gasteiger partial charge >= 0.3 is 12.1 Å². The van der Waals surface area contributed by atoms with Crippen molar-refractivity contribution in [3.63, 3.8) is 0 Å². The van der Waals surface area contributed by atoms with Crippen molar-refractivity contribution in [2.75, 3.05) is 13.2 Å². The second-order valence-electron chi connectivity index (χ2n) is 5.88. The largest absolute Gasteiger partial charge is 0.464 e. The van der Waals surface area contributed by atoms with E-state index >= 15 is 0 Å². The van der Waals surface area contributed by atoms with Crippen molar-refractivity contribution in [2.24, 2.45) is 0 Å². The molecule has 1 saturated heterocycles. The third-order valence-corrected chi connectivity index (χ3v) is 3.20. The zero-order valence-corrected chi connectivity index (χ0v) is 12.6. The summed E-state index contributed by atoms with van der Waals surface area (Å²) in [4.78, 5) is 25.8. The lowest BCUT2D eigenvalue weighted by atomic mass is 9.81. The van der Waals surface area contributed by atoms with Gasteiger partial charge in [0.25, 0.3) is 0 Å². The highest BCUT2D eigenvalue weighted by molar-refractivity contribution is 5.87. The molecule has 1 fully saturated rings. The maximum absolute atomic E-state index is 12.1. The van der Waals surface area contributed by atoms with E-state index in [2.05, 4.69) is 0 Å². The second kappa shape index (κ2) is 5.80. The molecule has 19 heavy (non-hydrogen) atoms. The van der Waals surface area contributed by atoms with Crippen LogP contribution in [0.3, 0.4) is 0 Å². The molecule has 0 aromatic heterocycles. The molecule has 1 aliphatic rings. The van der Waals surface area contributed by atoms with Crippen LogP contribution in [0.5, 0.6) is 0 Å². The predicted octanol–water partition coefficient (Wildman–Crippen LogP) is 2.73. The number of carbonyl (C=O) groups excluding carboxylic acids is 2. The Hall–Kier alpha value is -1.26. The van der Waals surface area contributed by atoms with E-state index in [1.807, 2.05) is 27.7 Å². The number of hydrogen-bond donors (Lipinski definition) is 0. The van der Waals surface area contributed by atoms with Crippen molar-refractivity contribution < 1.29 is 19.1 Å². The van der Waals surface area contributed by atoms with E-state index in [9.17, 15) is 9.59 Å². The SMILES string of the molecule is CCC[C@@]1(C(=O)OCC)CCN1C(=O)OC(C)(C)C. The molecule has 0 radical (unpaired) electrons. The minimum absolute atomic E-state index is 0.311. The normalized spacial score (nSPS) is 22.7. The number of rotatable bonds is 4. The first-order chi connectivity index (χ1) is 8.77. The van der Waals surface area contributed by atoms with Crippen molar-refractivity contribution in [3.05, 3.63) is 0 Å². The van der Waals surface area contributed by atoms with Gasteiger partial charge in [-0.25, -0.2) is 9.59 Å². The lowest BCUT2D eigenvalue weighted by molar-refractivity contribution is -0.167. The van der Waals surface area contributed by atoms with Gasteiger partial charge in [-0.15, -0.1) is 0 Å². The lowest BCUT2D eigenvalue weighted by Gasteiger charge is -2.50. The predicted molar refractivity (Wildman–Crippen MR) is 71.8 cm³/mol. The zero-order chi connectivity index (χ0) is 14.7. The van der Waals surface area contributed by atoms with Crippen LogP contribution in [0.2, 0.25) is 0 Å². The van der Waals surface area contributed by atoms with Gasteiger partial charge in [-0.1, -0.05) is 13.3 Å². The van der Waals surface area contributed by atoms with Gasteiger partial charge in [0.15, 0.2) is 0 Å². The number of carbonyl (C=O) groups is 2. The fourth-order valence-corrected chi connectivity index (χ4v) is 2.33. The van der Waals surface area contributed by atoms with Crippen LogP contribution in [0.25, 0.3) is 0 Å². The van der Waals surface area contributed by atoms with Crippen LogP contribution in [0, 0.1) is 0 Å². The highest BCUT2D eigenvalue weighted by atomic mass is 16.6. The summed E-state index contributed by atoms with van der Waals surface area (Å²) in [6.07, 6.45) is 1.66. The summed E-state index contributed by atoms with van der Waals surface area (Å²) in [7, 11) is 0. The molecular formula is C14H25NO4.